The molecular weight excluding hydrogens is 320 g/mol. The molecule has 1 aromatic heterocycles. The summed E-state index contributed by atoms with van der Waals surface area (Å²) in [7, 11) is -1.04. The zero-order valence-corrected chi connectivity index (χ0v) is 13.7. The smallest absolute Gasteiger partial charge is 0.338 e. The second kappa shape index (κ2) is 5.50. The van der Waals surface area contributed by atoms with Gasteiger partial charge in [0.2, 0.25) is 5.95 Å². The van der Waals surface area contributed by atoms with Gasteiger partial charge in [-0.05, 0) is 37.5 Å². The number of nitrogens with zero attached hydrogens (tertiary/aromatic N) is 3. The largest absolute Gasteiger partial charge is 0.459 e. The van der Waals surface area contributed by atoms with Gasteiger partial charge in [-0.15, -0.1) is 0 Å². The van der Waals surface area contributed by atoms with Crippen molar-refractivity contribution < 1.29 is 17.9 Å². The summed E-state index contributed by atoms with van der Waals surface area (Å²) in [5.41, 5.74) is 6.67. The first-order valence-corrected chi connectivity index (χ1v) is 8.62. The fraction of sp³-hybridized carbons (Fsp3) is 0.429. The van der Waals surface area contributed by atoms with Crippen LogP contribution >= 0.6 is 0 Å². The molecule has 1 saturated carbocycles. The summed E-state index contributed by atoms with van der Waals surface area (Å²) in [4.78, 5) is 16.2. The average molecular weight is 338 g/mol. The van der Waals surface area contributed by atoms with Crippen LogP contribution in [-0.4, -0.2) is 47.8 Å². The van der Waals surface area contributed by atoms with E-state index in [-0.39, 0.29) is 23.1 Å². The number of imidazole rings is 1. The second-order valence-corrected chi connectivity index (χ2v) is 7.68. The summed E-state index contributed by atoms with van der Waals surface area (Å²) in [6, 6.07) is 4.56. The summed E-state index contributed by atoms with van der Waals surface area (Å²) < 4.78 is 32.1. The molecule has 0 atom stereocenters. The Hall–Kier alpha value is -2.13. The zero-order valence-electron chi connectivity index (χ0n) is 12.9. The Balaban J connectivity index is 2.06. The Morgan fingerprint density at radius 1 is 1.39 bits per heavy atom. The van der Waals surface area contributed by atoms with E-state index in [0.29, 0.717) is 5.52 Å². The van der Waals surface area contributed by atoms with Gasteiger partial charge >= 0.3 is 16.2 Å². The maximum absolute atomic E-state index is 12.4. The van der Waals surface area contributed by atoms with Gasteiger partial charge in [-0.25, -0.2) is 9.78 Å². The van der Waals surface area contributed by atoms with Crippen LogP contribution in [0.4, 0.5) is 5.95 Å². The standard InChI is InChI=1S/C14H18N4O4S/c1-17(2)23(20,21)18-12-8-9(6-7-11(12)16-14(18)15)13(19)22-10-4-3-5-10/h6-8,10H,3-5H2,1-2H3,(H2,15,16). The summed E-state index contributed by atoms with van der Waals surface area (Å²) in [5, 5.41) is 0. The number of ether oxygens (including phenoxy) is 1. The molecule has 1 aliphatic rings. The first-order valence-electron chi connectivity index (χ1n) is 7.22. The van der Waals surface area contributed by atoms with Crippen molar-refractivity contribution in [2.75, 3.05) is 19.8 Å². The van der Waals surface area contributed by atoms with Gasteiger partial charge in [0, 0.05) is 14.1 Å². The van der Waals surface area contributed by atoms with Crippen molar-refractivity contribution in [1.82, 2.24) is 13.3 Å². The molecule has 23 heavy (non-hydrogen) atoms. The first-order chi connectivity index (χ1) is 10.8. The minimum absolute atomic E-state index is 0.0429. The van der Waals surface area contributed by atoms with Crippen LogP contribution < -0.4 is 5.73 Å². The number of esters is 1. The third kappa shape index (κ3) is 2.66. The predicted octanol–water partition coefficient (Wildman–Crippen LogP) is 0.982. The van der Waals surface area contributed by atoms with E-state index in [1.807, 2.05) is 0 Å². The number of nitrogen functional groups attached to an aromatic ring is 1. The van der Waals surface area contributed by atoms with E-state index in [0.717, 1.165) is 27.5 Å². The van der Waals surface area contributed by atoms with Crippen molar-refractivity contribution in [1.29, 1.82) is 0 Å². The summed E-state index contributed by atoms with van der Waals surface area (Å²) >= 11 is 0. The van der Waals surface area contributed by atoms with E-state index in [4.69, 9.17) is 10.5 Å². The van der Waals surface area contributed by atoms with Gasteiger partial charge in [0.15, 0.2) is 0 Å². The molecule has 0 amide bonds. The molecule has 124 valence electrons. The molecule has 0 radical (unpaired) electrons. The molecule has 0 unspecified atom stereocenters. The quantitative estimate of drug-likeness (QED) is 0.833. The van der Waals surface area contributed by atoms with Crippen LogP contribution in [0.5, 0.6) is 0 Å². The minimum atomic E-state index is -3.84. The monoisotopic (exact) mass is 338 g/mol. The molecule has 1 fully saturated rings. The van der Waals surface area contributed by atoms with E-state index in [1.165, 1.54) is 20.2 Å². The summed E-state index contributed by atoms with van der Waals surface area (Å²) in [5.74, 6) is -0.622. The molecule has 0 bridgehead atoms. The highest BCUT2D eigenvalue weighted by atomic mass is 32.2. The SMILES string of the molecule is CN(C)S(=O)(=O)n1c(N)nc2ccc(C(=O)OC3CCC3)cc21. The van der Waals surface area contributed by atoms with Gasteiger partial charge < -0.3 is 10.5 Å². The molecule has 1 heterocycles. The number of carbonyl (C=O) groups is 1. The molecule has 0 spiro atoms. The molecular formula is C14H18N4O4S. The van der Waals surface area contributed by atoms with Gasteiger partial charge in [0.05, 0.1) is 16.6 Å². The van der Waals surface area contributed by atoms with Crippen LogP contribution in [0.25, 0.3) is 11.0 Å². The molecule has 2 N–H and O–H groups in total. The van der Waals surface area contributed by atoms with Gasteiger partial charge in [0.25, 0.3) is 0 Å². The maximum atomic E-state index is 12.4. The van der Waals surface area contributed by atoms with Crippen LogP contribution in [0.1, 0.15) is 29.6 Å². The van der Waals surface area contributed by atoms with E-state index in [1.54, 1.807) is 12.1 Å². The van der Waals surface area contributed by atoms with Crippen molar-refractivity contribution in [3.63, 3.8) is 0 Å². The highest BCUT2D eigenvalue weighted by Gasteiger charge is 2.26. The van der Waals surface area contributed by atoms with E-state index >= 15 is 0 Å². The van der Waals surface area contributed by atoms with Crippen molar-refractivity contribution in [2.24, 2.45) is 0 Å². The van der Waals surface area contributed by atoms with Gasteiger partial charge in [-0.3, -0.25) is 0 Å². The van der Waals surface area contributed by atoms with Gasteiger partial charge in [-0.2, -0.15) is 16.7 Å². The van der Waals surface area contributed by atoms with Crippen LogP contribution in [-0.2, 0) is 14.9 Å². The van der Waals surface area contributed by atoms with Crippen LogP contribution in [0, 0.1) is 0 Å². The molecule has 1 aromatic carbocycles. The third-order valence-electron chi connectivity index (χ3n) is 3.89. The Labute approximate surface area is 134 Å². The highest BCUT2D eigenvalue weighted by molar-refractivity contribution is 7.87. The number of nitrogens with two attached hydrogens (primary N) is 1. The summed E-state index contributed by atoms with van der Waals surface area (Å²) in [6.45, 7) is 0. The lowest BCUT2D eigenvalue weighted by Gasteiger charge is -2.25. The number of rotatable bonds is 4. The van der Waals surface area contributed by atoms with Crippen molar-refractivity contribution >= 4 is 33.2 Å². The molecule has 0 saturated heterocycles. The third-order valence-corrected chi connectivity index (χ3v) is 5.66. The Bertz CT molecular complexity index is 868. The average Bonchev–Trinajstić information content (AvgIpc) is 2.77. The predicted molar refractivity (Wildman–Crippen MR) is 85.2 cm³/mol. The number of anilines is 1. The Morgan fingerprint density at radius 2 is 2.09 bits per heavy atom. The van der Waals surface area contributed by atoms with Gasteiger partial charge in [0.1, 0.15) is 6.10 Å². The van der Waals surface area contributed by atoms with E-state index in [9.17, 15) is 13.2 Å². The molecule has 2 aromatic rings. The van der Waals surface area contributed by atoms with E-state index < -0.39 is 16.2 Å². The van der Waals surface area contributed by atoms with Crippen LogP contribution in [0.3, 0.4) is 0 Å². The number of fused-ring (bicyclic) bond motifs is 1. The molecule has 8 nitrogen and oxygen atoms in total. The van der Waals surface area contributed by atoms with Crippen LogP contribution in [0.15, 0.2) is 18.2 Å². The molecule has 1 aliphatic carbocycles. The fourth-order valence-electron chi connectivity index (χ4n) is 2.31. The first kappa shape index (κ1) is 15.8. The number of carbonyl (C=O) groups excluding carboxylic acids is 1. The summed E-state index contributed by atoms with van der Waals surface area (Å²) in [6.07, 6.45) is 2.75. The van der Waals surface area contributed by atoms with Crippen molar-refractivity contribution in [2.45, 2.75) is 25.4 Å². The Kier molecular flexibility index (Phi) is 3.77. The lowest BCUT2D eigenvalue weighted by molar-refractivity contribution is 0.00902. The number of aromatic nitrogens is 2. The highest BCUT2D eigenvalue weighted by Crippen LogP contribution is 2.25. The van der Waals surface area contributed by atoms with Gasteiger partial charge in [-0.1, -0.05) is 0 Å². The molecule has 3 rings (SSSR count). The topological polar surface area (TPSA) is 108 Å². The van der Waals surface area contributed by atoms with Crippen LogP contribution in [0.2, 0.25) is 0 Å². The van der Waals surface area contributed by atoms with Crippen molar-refractivity contribution in [3.8, 4) is 0 Å². The molecule has 9 heteroatoms. The number of benzene rings is 1. The lowest BCUT2D eigenvalue weighted by Crippen LogP contribution is -2.29. The second-order valence-electron chi connectivity index (χ2n) is 5.69. The van der Waals surface area contributed by atoms with E-state index in [2.05, 4.69) is 4.98 Å². The zero-order chi connectivity index (χ0) is 16.8. The maximum Gasteiger partial charge on any atom is 0.338 e. The minimum Gasteiger partial charge on any atom is -0.459 e. The normalized spacial score (nSPS) is 15.8. The number of hydrogen-bond donors (Lipinski definition) is 1. The van der Waals surface area contributed by atoms with Crippen molar-refractivity contribution in [3.05, 3.63) is 23.8 Å². The Morgan fingerprint density at radius 3 is 2.65 bits per heavy atom. The fourth-order valence-corrected chi connectivity index (χ4v) is 3.31. The lowest BCUT2D eigenvalue weighted by atomic mass is 9.96. The number of hydrogen-bond acceptors (Lipinski definition) is 6. The molecule has 0 aliphatic heterocycles.